The van der Waals surface area contributed by atoms with Crippen LogP contribution in [0.15, 0.2) is 77.3 Å². The first-order valence-corrected chi connectivity index (χ1v) is 12.9. The van der Waals surface area contributed by atoms with Gasteiger partial charge in [-0.15, -0.1) is 0 Å². The number of carbonyl (C=O) groups excluding carboxylic acids is 2. The van der Waals surface area contributed by atoms with Crippen LogP contribution in [-0.2, 0) is 28.0 Å². The molecule has 0 bridgehead atoms. The largest absolute Gasteiger partial charge is 0.483 e. The molecule has 36 heavy (non-hydrogen) atoms. The molecular weight excluding hydrogens is 516 g/mol. The maximum absolute atomic E-state index is 13.6. The van der Waals surface area contributed by atoms with Crippen molar-refractivity contribution in [1.29, 1.82) is 0 Å². The highest BCUT2D eigenvalue weighted by Gasteiger charge is 2.30. The smallest absolute Gasteiger partial charge is 0.261 e. The van der Waals surface area contributed by atoms with Crippen molar-refractivity contribution in [3.8, 4) is 5.75 Å². The molecule has 1 atom stereocenters. The monoisotopic (exact) mass is 550 g/mol. The normalized spacial score (nSPS) is 12.1. The summed E-state index contributed by atoms with van der Waals surface area (Å²) in [6, 6.07) is 23.0. The summed E-state index contributed by atoms with van der Waals surface area (Å²) in [5, 5.41) is 2.74. The Kier molecular flexibility index (Phi) is 9.32. The molecule has 0 aliphatic heterocycles. The molecule has 2 amide bonds. The minimum Gasteiger partial charge on any atom is -0.483 e. The van der Waals surface area contributed by atoms with Crippen molar-refractivity contribution in [1.82, 2.24) is 10.2 Å². The average molecular weight is 552 g/mol. The van der Waals surface area contributed by atoms with E-state index in [0.717, 1.165) is 26.7 Å². The number of nitrogens with one attached hydrogen (secondary N) is 1. The van der Waals surface area contributed by atoms with E-state index in [4.69, 9.17) is 4.74 Å². The van der Waals surface area contributed by atoms with Gasteiger partial charge in [-0.3, -0.25) is 9.59 Å². The van der Waals surface area contributed by atoms with Crippen molar-refractivity contribution >= 4 is 27.7 Å². The summed E-state index contributed by atoms with van der Waals surface area (Å²) < 4.78 is 6.74. The summed E-state index contributed by atoms with van der Waals surface area (Å²) in [5.74, 6) is 0.119. The molecule has 6 heteroatoms. The Morgan fingerprint density at radius 2 is 1.64 bits per heavy atom. The Morgan fingerprint density at radius 3 is 2.22 bits per heavy atom. The van der Waals surface area contributed by atoms with Gasteiger partial charge in [-0.05, 0) is 57.1 Å². The molecule has 0 radical (unpaired) electrons. The van der Waals surface area contributed by atoms with Gasteiger partial charge in [-0.25, -0.2) is 0 Å². The fourth-order valence-corrected chi connectivity index (χ4v) is 4.41. The van der Waals surface area contributed by atoms with E-state index in [1.807, 2.05) is 79.7 Å². The van der Waals surface area contributed by atoms with E-state index in [-0.39, 0.29) is 23.8 Å². The van der Waals surface area contributed by atoms with Gasteiger partial charge in [0.25, 0.3) is 5.91 Å². The van der Waals surface area contributed by atoms with Crippen LogP contribution >= 0.6 is 15.9 Å². The van der Waals surface area contributed by atoms with Crippen molar-refractivity contribution in [2.75, 3.05) is 13.7 Å². The second-order valence-electron chi connectivity index (χ2n) is 10.0. The molecule has 190 valence electrons. The lowest BCUT2D eigenvalue weighted by Gasteiger charge is -2.31. The lowest BCUT2D eigenvalue weighted by Crippen LogP contribution is -2.51. The van der Waals surface area contributed by atoms with Crippen LogP contribution < -0.4 is 10.1 Å². The topological polar surface area (TPSA) is 58.6 Å². The van der Waals surface area contributed by atoms with Crippen molar-refractivity contribution in [3.63, 3.8) is 0 Å². The summed E-state index contributed by atoms with van der Waals surface area (Å²) in [7, 11) is 1.60. The van der Waals surface area contributed by atoms with Gasteiger partial charge < -0.3 is 15.0 Å². The van der Waals surface area contributed by atoms with Crippen molar-refractivity contribution < 1.29 is 14.3 Å². The van der Waals surface area contributed by atoms with Crippen LogP contribution in [0.5, 0.6) is 5.75 Å². The molecule has 0 aromatic heterocycles. The lowest BCUT2D eigenvalue weighted by atomic mass is 9.87. The first-order valence-electron chi connectivity index (χ1n) is 12.1. The van der Waals surface area contributed by atoms with Crippen LogP contribution in [0, 0.1) is 6.92 Å². The summed E-state index contributed by atoms with van der Waals surface area (Å²) in [6.07, 6.45) is 0.405. The van der Waals surface area contributed by atoms with Gasteiger partial charge in [0.15, 0.2) is 6.61 Å². The van der Waals surface area contributed by atoms with E-state index in [2.05, 4.69) is 42.0 Å². The molecule has 5 nitrogen and oxygen atoms in total. The van der Waals surface area contributed by atoms with Crippen molar-refractivity contribution in [3.05, 3.63) is 99.5 Å². The molecule has 3 aromatic rings. The SMILES string of the molecule is CNC(=O)[C@@H](Cc1ccccc1)N(Cc1ccc(C)cc1)C(=O)COc1ccc(C(C)(C)C)cc1Br. The zero-order valence-electron chi connectivity index (χ0n) is 21.7. The predicted molar refractivity (Wildman–Crippen MR) is 148 cm³/mol. The number of carbonyl (C=O) groups is 2. The number of aryl methyl sites for hydroxylation is 1. The fourth-order valence-electron chi connectivity index (χ4n) is 3.92. The maximum atomic E-state index is 13.6. The van der Waals surface area contributed by atoms with Gasteiger partial charge in [0.1, 0.15) is 11.8 Å². The Morgan fingerprint density at radius 1 is 0.972 bits per heavy atom. The maximum Gasteiger partial charge on any atom is 0.261 e. The Labute approximate surface area is 223 Å². The molecule has 1 N–H and O–H groups in total. The van der Waals surface area contributed by atoms with Crippen molar-refractivity contribution in [2.45, 2.75) is 52.1 Å². The number of ether oxygens (including phenoxy) is 1. The number of likely N-dealkylation sites (N-methyl/N-ethyl adjacent to an activating group) is 1. The number of halogens is 1. The van der Waals surface area contributed by atoms with Crippen LogP contribution in [-0.4, -0.2) is 36.4 Å². The molecule has 0 saturated heterocycles. The third kappa shape index (κ3) is 7.44. The Balaban J connectivity index is 1.86. The standard InChI is InChI=1S/C30H35BrN2O3/c1-21-11-13-23(14-12-21)19-33(26(29(35)32-5)17-22-9-7-6-8-10-22)28(34)20-36-27-16-15-24(18-25(27)31)30(2,3)4/h6-16,18,26H,17,19-20H2,1-5H3,(H,32,35)/t26-/m1/s1. The summed E-state index contributed by atoms with van der Waals surface area (Å²) in [4.78, 5) is 28.2. The second kappa shape index (κ2) is 12.2. The minimum absolute atomic E-state index is 0.000119. The van der Waals surface area contributed by atoms with Gasteiger partial charge >= 0.3 is 0 Å². The molecule has 0 aliphatic rings. The molecule has 0 fully saturated rings. The first-order chi connectivity index (χ1) is 17.1. The zero-order valence-corrected chi connectivity index (χ0v) is 23.3. The molecule has 3 rings (SSSR count). The number of hydrogen-bond acceptors (Lipinski definition) is 3. The Bertz CT molecular complexity index is 1170. The van der Waals surface area contributed by atoms with E-state index in [1.165, 1.54) is 0 Å². The van der Waals surface area contributed by atoms with E-state index in [1.54, 1.807) is 11.9 Å². The number of amides is 2. The number of hydrogen-bond donors (Lipinski definition) is 1. The second-order valence-corrected chi connectivity index (χ2v) is 10.9. The zero-order chi connectivity index (χ0) is 26.3. The third-order valence-corrected chi connectivity index (χ3v) is 6.76. The molecule has 0 aliphatic carbocycles. The third-order valence-electron chi connectivity index (χ3n) is 6.14. The van der Waals surface area contributed by atoms with Crippen LogP contribution in [0.1, 0.15) is 43.0 Å². The average Bonchev–Trinajstić information content (AvgIpc) is 2.86. The lowest BCUT2D eigenvalue weighted by molar-refractivity contribution is -0.142. The first kappa shape index (κ1) is 27.5. The van der Waals surface area contributed by atoms with Crippen LogP contribution in [0.2, 0.25) is 0 Å². The number of nitrogens with zero attached hydrogens (tertiary/aromatic N) is 1. The highest BCUT2D eigenvalue weighted by atomic mass is 79.9. The van der Waals surface area contributed by atoms with Crippen LogP contribution in [0.4, 0.5) is 0 Å². The quantitative estimate of drug-likeness (QED) is 0.365. The summed E-state index contributed by atoms with van der Waals surface area (Å²) >= 11 is 3.58. The van der Waals surface area contributed by atoms with Crippen LogP contribution in [0.25, 0.3) is 0 Å². The minimum atomic E-state index is -0.679. The molecule has 0 heterocycles. The molecular formula is C30H35BrN2O3. The van der Waals surface area contributed by atoms with Gasteiger partial charge in [0, 0.05) is 20.0 Å². The van der Waals surface area contributed by atoms with Gasteiger partial charge in [0.2, 0.25) is 5.91 Å². The van der Waals surface area contributed by atoms with E-state index >= 15 is 0 Å². The summed E-state index contributed by atoms with van der Waals surface area (Å²) in [5.41, 5.74) is 4.23. The Hall–Kier alpha value is -3.12. The van der Waals surface area contributed by atoms with Crippen molar-refractivity contribution in [2.24, 2.45) is 0 Å². The predicted octanol–water partition coefficient (Wildman–Crippen LogP) is 5.82. The van der Waals surface area contributed by atoms with Gasteiger partial charge in [-0.2, -0.15) is 0 Å². The fraction of sp³-hybridized carbons (Fsp3) is 0.333. The van der Waals surface area contributed by atoms with Crippen LogP contribution in [0.3, 0.4) is 0 Å². The summed E-state index contributed by atoms with van der Waals surface area (Å²) in [6.45, 7) is 8.58. The highest BCUT2D eigenvalue weighted by molar-refractivity contribution is 9.10. The van der Waals surface area contributed by atoms with Gasteiger partial charge in [-0.1, -0.05) is 87.0 Å². The molecule has 0 spiro atoms. The highest BCUT2D eigenvalue weighted by Crippen LogP contribution is 2.31. The number of benzene rings is 3. The van der Waals surface area contributed by atoms with E-state index in [0.29, 0.717) is 18.7 Å². The van der Waals surface area contributed by atoms with E-state index in [9.17, 15) is 9.59 Å². The van der Waals surface area contributed by atoms with E-state index < -0.39 is 6.04 Å². The number of rotatable bonds is 9. The van der Waals surface area contributed by atoms with Gasteiger partial charge in [0.05, 0.1) is 4.47 Å². The molecule has 0 saturated carbocycles. The molecule has 0 unspecified atom stereocenters. The molecule has 3 aromatic carbocycles.